The molecule has 3 rings (SSSR count). The number of carbonyl (C=O) groups is 2. The predicted octanol–water partition coefficient (Wildman–Crippen LogP) is 1.74. The number of methoxy groups -OCH3 is 1. The summed E-state index contributed by atoms with van der Waals surface area (Å²) in [5.74, 6) is -1.27. The van der Waals surface area contributed by atoms with Gasteiger partial charge in [-0.3, -0.25) is 9.59 Å². The van der Waals surface area contributed by atoms with E-state index in [1.165, 1.54) is 11.3 Å². The van der Waals surface area contributed by atoms with Gasteiger partial charge >= 0.3 is 11.8 Å². The van der Waals surface area contributed by atoms with Gasteiger partial charge in [0, 0.05) is 52.2 Å². The van der Waals surface area contributed by atoms with Crippen LogP contribution in [0.3, 0.4) is 0 Å². The standard InChI is InChI=1S/C23H30N4O3/c1-26(2)19-10-8-18(9-11-19)21(16-25-23(29)22(28)24-13-15-30-3)27-14-12-17-6-4-5-7-20(17)27/h4-11,21H,12-16H2,1-3H3,(H,24,28)(H,25,29). The zero-order chi connectivity index (χ0) is 21.5. The average molecular weight is 411 g/mol. The molecule has 1 aliphatic rings. The van der Waals surface area contributed by atoms with Gasteiger partial charge in [0.2, 0.25) is 0 Å². The van der Waals surface area contributed by atoms with Gasteiger partial charge in [-0.2, -0.15) is 0 Å². The van der Waals surface area contributed by atoms with E-state index in [2.05, 4.69) is 62.9 Å². The molecular weight excluding hydrogens is 380 g/mol. The first-order valence-corrected chi connectivity index (χ1v) is 10.2. The van der Waals surface area contributed by atoms with E-state index >= 15 is 0 Å². The lowest BCUT2D eigenvalue weighted by molar-refractivity contribution is -0.139. The van der Waals surface area contributed by atoms with Crippen molar-refractivity contribution in [2.45, 2.75) is 12.5 Å². The number of hydrogen-bond acceptors (Lipinski definition) is 5. The molecular formula is C23H30N4O3. The molecule has 2 amide bonds. The lowest BCUT2D eigenvalue weighted by atomic mass is 10.0. The Bertz CT molecular complexity index is 867. The third kappa shape index (κ3) is 5.10. The van der Waals surface area contributed by atoms with E-state index in [4.69, 9.17) is 4.74 Å². The van der Waals surface area contributed by atoms with Gasteiger partial charge in [-0.05, 0) is 35.7 Å². The SMILES string of the molecule is COCCNC(=O)C(=O)NCC(c1ccc(N(C)C)cc1)N1CCc2ccccc21. The van der Waals surface area contributed by atoms with Crippen molar-refractivity contribution in [1.29, 1.82) is 0 Å². The maximum Gasteiger partial charge on any atom is 0.309 e. The van der Waals surface area contributed by atoms with Crippen LogP contribution >= 0.6 is 0 Å². The van der Waals surface area contributed by atoms with Crippen LogP contribution in [-0.2, 0) is 20.7 Å². The Morgan fingerprint density at radius 2 is 1.77 bits per heavy atom. The molecule has 0 radical (unpaired) electrons. The van der Waals surface area contributed by atoms with Crippen molar-refractivity contribution < 1.29 is 14.3 Å². The fourth-order valence-electron chi connectivity index (χ4n) is 3.71. The highest BCUT2D eigenvalue weighted by Crippen LogP contribution is 2.35. The minimum atomic E-state index is -0.643. The summed E-state index contributed by atoms with van der Waals surface area (Å²) < 4.78 is 4.90. The van der Waals surface area contributed by atoms with Crippen LogP contribution < -0.4 is 20.4 Å². The topological polar surface area (TPSA) is 73.9 Å². The van der Waals surface area contributed by atoms with Gasteiger partial charge in [-0.1, -0.05) is 30.3 Å². The summed E-state index contributed by atoms with van der Waals surface area (Å²) in [5, 5.41) is 5.37. The van der Waals surface area contributed by atoms with E-state index in [9.17, 15) is 9.59 Å². The van der Waals surface area contributed by atoms with Gasteiger partial charge in [-0.25, -0.2) is 0 Å². The van der Waals surface area contributed by atoms with Gasteiger partial charge in [0.05, 0.1) is 12.6 Å². The molecule has 0 saturated carbocycles. The summed E-state index contributed by atoms with van der Waals surface area (Å²) in [6, 6.07) is 16.6. The predicted molar refractivity (Wildman–Crippen MR) is 119 cm³/mol. The van der Waals surface area contributed by atoms with Crippen LogP contribution in [-0.4, -0.2) is 59.3 Å². The first kappa shape index (κ1) is 21.6. The van der Waals surface area contributed by atoms with E-state index in [-0.39, 0.29) is 6.04 Å². The Hall–Kier alpha value is -3.06. The minimum absolute atomic E-state index is 0.0689. The molecule has 0 aromatic heterocycles. The van der Waals surface area contributed by atoms with Crippen molar-refractivity contribution in [3.05, 3.63) is 59.7 Å². The van der Waals surface area contributed by atoms with Crippen molar-refractivity contribution >= 4 is 23.2 Å². The quantitative estimate of drug-likeness (QED) is 0.512. The second-order valence-corrected chi connectivity index (χ2v) is 7.53. The van der Waals surface area contributed by atoms with Crippen LogP contribution in [0.4, 0.5) is 11.4 Å². The number of ether oxygens (including phenoxy) is 1. The minimum Gasteiger partial charge on any atom is -0.383 e. The van der Waals surface area contributed by atoms with Crippen LogP contribution in [0.2, 0.25) is 0 Å². The van der Waals surface area contributed by atoms with Crippen LogP contribution in [0.1, 0.15) is 17.2 Å². The maximum absolute atomic E-state index is 12.3. The van der Waals surface area contributed by atoms with Crippen LogP contribution in [0, 0.1) is 0 Å². The number of fused-ring (bicyclic) bond motifs is 1. The molecule has 30 heavy (non-hydrogen) atoms. The van der Waals surface area contributed by atoms with Gasteiger partial charge in [0.15, 0.2) is 0 Å². The Balaban J connectivity index is 1.77. The fourth-order valence-corrected chi connectivity index (χ4v) is 3.71. The number of hydrogen-bond donors (Lipinski definition) is 2. The third-order valence-electron chi connectivity index (χ3n) is 5.35. The lowest BCUT2D eigenvalue weighted by Crippen LogP contribution is -2.44. The molecule has 0 fully saturated rings. The molecule has 1 aliphatic heterocycles. The fraction of sp³-hybridized carbons (Fsp3) is 0.391. The summed E-state index contributed by atoms with van der Waals surface area (Å²) in [6.07, 6.45) is 0.966. The first-order chi connectivity index (χ1) is 14.5. The molecule has 0 spiro atoms. The Kier molecular flexibility index (Phi) is 7.30. The molecule has 1 unspecified atom stereocenters. The summed E-state index contributed by atoms with van der Waals surface area (Å²) in [7, 11) is 5.56. The second kappa shape index (κ2) is 10.1. The number of amides is 2. The van der Waals surface area contributed by atoms with Crippen molar-refractivity contribution in [2.24, 2.45) is 0 Å². The molecule has 2 aromatic rings. The van der Waals surface area contributed by atoms with Crippen LogP contribution in [0.5, 0.6) is 0 Å². The second-order valence-electron chi connectivity index (χ2n) is 7.53. The molecule has 7 heteroatoms. The monoisotopic (exact) mass is 410 g/mol. The van der Waals surface area contributed by atoms with Crippen molar-refractivity contribution in [3.63, 3.8) is 0 Å². The molecule has 2 aromatic carbocycles. The molecule has 0 bridgehead atoms. The molecule has 2 N–H and O–H groups in total. The van der Waals surface area contributed by atoms with E-state index in [0.717, 1.165) is 24.2 Å². The average Bonchev–Trinajstić information content (AvgIpc) is 3.18. The van der Waals surface area contributed by atoms with E-state index in [1.54, 1.807) is 7.11 Å². The largest absolute Gasteiger partial charge is 0.383 e. The van der Waals surface area contributed by atoms with E-state index < -0.39 is 11.8 Å². The number of carbonyl (C=O) groups excluding carboxylic acids is 2. The Labute approximate surface area is 178 Å². The summed E-state index contributed by atoms with van der Waals surface area (Å²) in [6.45, 7) is 1.88. The van der Waals surface area contributed by atoms with Gasteiger partial charge < -0.3 is 25.2 Å². The van der Waals surface area contributed by atoms with Gasteiger partial charge in [-0.15, -0.1) is 0 Å². The molecule has 0 aliphatic carbocycles. The maximum atomic E-state index is 12.3. The van der Waals surface area contributed by atoms with Gasteiger partial charge in [0.25, 0.3) is 0 Å². The zero-order valence-electron chi connectivity index (χ0n) is 17.9. The van der Waals surface area contributed by atoms with Crippen molar-refractivity contribution in [1.82, 2.24) is 10.6 Å². The highest BCUT2D eigenvalue weighted by atomic mass is 16.5. The number of rotatable bonds is 8. The van der Waals surface area contributed by atoms with Crippen LogP contribution in [0.25, 0.3) is 0 Å². The number of nitrogens with zero attached hydrogens (tertiary/aromatic N) is 2. The van der Waals surface area contributed by atoms with Crippen LogP contribution in [0.15, 0.2) is 48.5 Å². The number of nitrogens with one attached hydrogen (secondary N) is 2. The van der Waals surface area contributed by atoms with Crippen molar-refractivity contribution in [2.75, 3.05) is 57.2 Å². The Morgan fingerprint density at radius 1 is 1.07 bits per heavy atom. The zero-order valence-corrected chi connectivity index (χ0v) is 17.9. The highest BCUT2D eigenvalue weighted by molar-refractivity contribution is 6.35. The normalized spacial score (nSPS) is 13.5. The lowest BCUT2D eigenvalue weighted by Gasteiger charge is -2.31. The summed E-state index contributed by atoms with van der Waals surface area (Å²) >= 11 is 0. The van der Waals surface area contributed by atoms with E-state index in [0.29, 0.717) is 19.7 Å². The molecule has 160 valence electrons. The highest BCUT2D eigenvalue weighted by Gasteiger charge is 2.28. The number of benzene rings is 2. The number of anilines is 2. The molecule has 0 saturated heterocycles. The van der Waals surface area contributed by atoms with Crippen molar-refractivity contribution in [3.8, 4) is 0 Å². The molecule has 1 heterocycles. The first-order valence-electron chi connectivity index (χ1n) is 10.2. The van der Waals surface area contributed by atoms with Gasteiger partial charge in [0.1, 0.15) is 0 Å². The molecule has 1 atom stereocenters. The Morgan fingerprint density at radius 3 is 2.47 bits per heavy atom. The summed E-state index contributed by atoms with van der Waals surface area (Å²) in [5.41, 5.74) is 4.69. The molecule has 7 nitrogen and oxygen atoms in total. The smallest absolute Gasteiger partial charge is 0.309 e. The number of para-hydroxylation sites is 1. The summed E-state index contributed by atoms with van der Waals surface area (Å²) in [4.78, 5) is 28.7. The third-order valence-corrected chi connectivity index (χ3v) is 5.35. The van der Waals surface area contributed by atoms with E-state index in [1.807, 2.05) is 20.2 Å².